The topological polar surface area (TPSA) is 88.2 Å². The quantitative estimate of drug-likeness (QED) is 0.741. The summed E-state index contributed by atoms with van der Waals surface area (Å²) in [5.74, 6) is -0.0299. The van der Waals surface area contributed by atoms with Crippen LogP contribution in [0.25, 0.3) is 0 Å². The molecule has 17 heavy (non-hydrogen) atoms. The number of anilines is 1. The maximum Gasteiger partial charge on any atom is 0.225 e. The Hall–Kier alpha value is -1.62. The van der Waals surface area contributed by atoms with Crippen molar-refractivity contribution >= 4 is 11.7 Å². The van der Waals surface area contributed by atoms with Crippen LogP contribution in [0.5, 0.6) is 5.75 Å². The molecular weight excluding hydrogens is 218 g/mol. The molecule has 1 heterocycles. The van der Waals surface area contributed by atoms with Crippen LogP contribution in [0.15, 0.2) is 12.1 Å². The van der Waals surface area contributed by atoms with Gasteiger partial charge >= 0.3 is 0 Å². The van der Waals surface area contributed by atoms with Crippen molar-refractivity contribution < 1.29 is 9.90 Å². The smallest absolute Gasteiger partial charge is 0.225 e. The van der Waals surface area contributed by atoms with Crippen LogP contribution in [0.1, 0.15) is 32.4 Å². The summed E-state index contributed by atoms with van der Waals surface area (Å²) in [7, 11) is 0. The molecule has 0 saturated heterocycles. The summed E-state index contributed by atoms with van der Waals surface area (Å²) in [6.45, 7) is 5.52. The number of hydrogen-bond acceptors (Lipinski definition) is 4. The van der Waals surface area contributed by atoms with E-state index in [1.54, 1.807) is 13.0 Å². The van der Waals surface area contributed by atoms with Gasteiger partial charge in [-0.1, -0.05) is 0 Å². The number of carbonyl (C=O) groups excluding carboxylic acids is 1. The van der Waals surface area contributed by atoms with Crippen molar-refractivity contribution in [3.63, 3.8) is 0 Å². The summed E-state index contributed by atoms with van der Waals surface area (Å²) in [4.78, 5) is 15.6. The predicted molar refractivity (Wildman–Crippen MR) is 66.8 cm³/mol. The number of carbonyl (C=O) groups is 1. The fourth-order valence-electron chi connectivity index (χ4n) is 1.27. The Morgan fingerprint density at radius 1 is 1.53 bits per heavy atom. The van der Waals surface area contributed by atoms with E-state index in [9.17, 15) is 9.90 Å². The summed E-state index contributed by atoms with van der Waals surface area (Å²) in [6, 6.07) is 3.18. The maximum atomic E-state index is 11.6. The minimum atomic E-state index is -0.376. The number of aromatic nitrogens is 1. The lowest BCUT2D eigenvalue weighted by molar-refractivity contribution is -0.116. The molecule has 0 radical (unpaired) electrons. The second kappa shape index (κ2) is 5.14. The van der Waals surface area contributed by atoms with Crippen molar-refractivity contribution in [1.29, 1.82) is 0 Å². The number of hydrogen-bond donors (Lipinski definition) is 3. The first kappa shape index (κ1) is 13.4. The molecule has 1 aromatic heterocycles. The largest absolute Gasteiger partial charge is 0.504 e. The van der Waals surface area contributed by atoms with Gasteiger partial charge in [0.25, 0.3) is 0 Å². The third-order valence-corrected chi connectivity index (χ3v) is 2.27. The molecule has 0 atom stereocenters. The molecule has 0 aromatic carbocycles. The van der Waals surface area contributed by atoms with Gasteiger partial charge in [0, 0.05) is 17.7 Å². The first-order valence-corrected chi connectivity index (χ1v) is 5.53. The molecule has 0 aliphatic carbocycles. The van der Waals surface area contributed by atoms with E-state index in [2.05, 4.69) is 10.3 Å². The molecular formula is C12H19N3O2. The Bertz CT molecular complexity index is 411. The Kier molecular flexibility index (Phi) is 4.07. The Balaban J connectivity index is 2.59. The van der Waals surface area contributed by atoms with Crippen molar-refractivity contribution in [2.45, 2.75) is 39.2 Å². The molecule has 0 fully saturated rings. The third kappa shape index (κ3) is 4.82. The van der Waals surface area contributed by atoms with Gasteiger partial charge in [-0.25, -0.2) is 4.98 Å². The minimum Gasteiger partial charge on any atom is -0.504 e. The van der Waals surface area contributed by atoms with Crippen molar-refractivity contribution in [2.75, 3.05) is 5.32 Å². The van der Waals surface area contributed by atoms with E-state index in [1.807, 2.05) is 13.8 Å². The van der Waals surface area contributed by atoms with Gasteiger partial charge in [0.2, 0.25) is 5.91 Å². The van der Waals surface area contributed by atoms with Crippen LogP contribution < -0.4 is 11.1 Å². The molecule has 0 spiro atoms. The molecule has 0 aliphatic rings. The van der Waals surface area contributed by atoms with Gasteiger partial charge in [-0.3, -0.25) is 4.79 Å². The van der Waals surface area contributed by atoms with Gasteiger partial charge in [-0.2, -0.15) is 0 Å². The number of nitrogens with two attached hydrogens (primary N) is 1. The lowest BCUT2D eigenvalue weighted by Crippen LogP contribution is -2.33. The van der Waals surface area contributed by atoms with Crippen LogP contribution >= 0.6 is 0 Å². The second-order valence-corrected chi connectivity index (χ2v) is 4.86. The van der Waals surface area contributed by atoms with Crippen LogP contribution in [0.2, 0.25) is 0 Å². The zero-order valence-corrected chi connectivity index (χ0v) is 10.4. The number of amides is 1. The Morgan fingerprint density at radius 3 is 2.76 bits per heavy atom. The van der Waals surface area contributed by atoms with Crippen molar-refractivity contribution in [1.82, 2.24) is 4.98 Å². The average Bonchev–Trinajstić information content (AvgIpc) is 2.20. The fourth-order valence-corrected chi connectivity index (χ4v) is 1.27. The van der Waals surface area contributed by atoms with E-state index in [-0.39, 0.29) is 23.0 Å². The van der Waals surface area contributed by atoms with Crippen LogP contribution in [0.3, 0.4) is 0 Å². The van der Waals surface area contributed by atoms with E-state index in [1.165, 1.54) is 6.07 Å². The van der Waals surface area contributed by atoms with Gasteiger partial charge < -0.3 is 16.2 Å². The molecule has 5 nitrogen and oxygen atoms in total. The minimum absolute atomic E-state index is 0.0315. The highest BCUT2D eigenvalue weighted by Crippen LogP contribution is 2.20. The maximum absolute atomic E-state index is 11.6. The highest BCUT2D eigenvalue weighted by molar-refractivity contribution is 5.91. The zero-order chi connectivity index (χ0) is 13.1. The molecule has 1 amide bonds. The lowest BCUT2D eigenvalue weighted by Gasteiger charge is -2.17. The first-order valence-electron chi connectivity index (χ1n) is 5.53. The number of aryl methyl sites for hydroxylation is 1. The molecule has 4 N–H and O–H groups in total. The Labute approximate surface area is 101 Å². The zero-order valence-electron chi connectivity index (χ0n) is 10.4. The number of nitrogens with zero attached hydrogens (tertiary/aromatic N) is 1. The van der Waals surface area contributed by atoms with Crippen LogP contribution in [0.4, 0.5) is 5.82 Å². The molecule has 0 aliphatic heterocycles. The summed E-state index contributed by atoms with van der Waals surface area (Å²) in [5, 5.41) is 12.1. The van der Waals surface area contributed by atoms with E-state index in [0.717, 1.165) is 5.69 Å². The predicted octanol–water partition coefficient (Wildman–Crippen LogP) is 1.55. The molecule has 5 heteroatoms. The van der Waals surface area contributed by atoms with Crippen molar-refractivity contribution in [2.24, 2.45) is 5.73 Å². The molecule has 0 unspecified atom stereocenters. The normalized spacial score (nSPS) is 11.3. The average molecular weight is 237 g/mol. The van der Waals surface area contributed by atoms with E-state index in [4.69, 9.17) is 5.73 Å². The number of aromatic hydroxyl groups is 1. The summed E-state index contributed by atoms with van der Waals surface area (Å²) < 4.78 is 0. The van der Waals surface area contributed by atoms with Gasteiger partial charge in [-0.05, 0) is 39.3 Å². The second-order valence-electron chi connectivity index (χ2n) is 4.86. The molecule has 0 bridgehead atoms. The van der Waals surface area contributed by atoms with Crippen molar-refractivity contribution in [3.8, 4) is 5.75 Å². The van der Waals surface area contributed by atoms with Gasteiger partial charge in [0.15, 0.2) is 11.6 Å². The Morgan fingerprint density at radius 2 is 2.18 bits per heavy atom. The summed E-state index contributed by atoms with van der Waals surface area (Å²) in [6.07, 6.45) is 0.879. The first-order chi connectivity index (χ1) is 7.78. The van der Waals surface area contributed by atoms with Crippen LogP contribution in [0, 0.1) is 6.92 Å². The van der Waals surface area contributed by atoms with Gasteiger partial charge in [-0.15, -0.1) is 0 Å². The van der Waals surface area contributed by atoms with E-state index in [0.29, 0.717) is 12.8 Å². The molecule has 1 aromatic rings. The van der Waals surface area contributed by atoms with Gasteiger partial charge in [0.05, 0.1) is 0 Å². The highest BCUT2D eigenvalue weighted by atomic mass is 16.3. The van der Waals surface area contributed by atoms with Crippen molar-refractivity contribution in [3.05, 3.63) is 17.8 Å². The summed E-state index contributed by atoms with van der Waals surface area (Å²) >= 11 is 0. The SMILES string of the molecule is Cc1ccc(O)c(NC(=O)CCC(C)(C)N)n1. The van der Waals surface area contributed by atoms with Gasteiger partial charge in [0.1, 0.15) is 0 Å². The number of pyridine rings is 1. The fraction of sp³-hybridized carbons (Fsp3) is 0.500. The molecule has 0 saturated carbocycles. The lowest BCUT2D eigenvalue weighted by atomic mass is 10.00. The number of nitrogens with one attached hydrogen (secondary N) is 1. The van der Waals surface area contributed by atoms with Crippen LogP contribution in [-0.2, 0) is 4.79 Å². The van der Waals surface area contributed by atoms with E-state index >= 15 is 0 Å². The summed E-state index contributed by atoms with van der Waals surface area (Å²) in [5.41, 5.74) is 6.14. The molecule has 1 rings (SSSR count). The third-order valence-electron chi connectivity index (χ3n) is 2.27. The highest BCUT2D eigenvalue weighted by Gasteiger charge is 2.14. The van der Waals surface area contributed by atoms with Crippen LogP contribution in [-0.4, -0.2) is 21.5 Å². The monoisotopic (exact) mass is 237 g/mol. The molecule has 94 valence electrons. The number of rotatable bonds is 4. The van der Waals surface area contributed by atoms with E-state index < -0.39 is 0 Å². The standard InChI is InChI=1S/C12H19N3O2/c1-8-4-5-9(16)11(14-8)15-10(17)6-7-12(2,3)13/h4-5,16H,6-7,13H2,1-3H3,(H,14,15,17).